The van der Waals surface area contributed by atoms with Gasteiger partial charge < -0.3 is 5.32 Å². The minimum atomic E-state index is 0.298. The van der Waals surface area contributed by atoms with Crippen LogP contribution in [0.25, 0.3) is 0 Å². The smallest absolute Gasteiger partial charge is 0.129 e. The van der Waals surface area contributed by atoms with E-state index >= 15 is 0 Å². The van der Waals surface area contributed by atoms with Gasteiger partial charge in [-0.2, -0.15) is 0 Å². The molecule has 0 bridgehead atoms. The summed E-state index contributed by atoms with van der Waals surface area (Å²) in [5.74, 6) is 0. The molecule has 2 aromatic rings. The highest BCUT2D eigenvalue weighted by atomic mass is 79.9. The van der Waals surface area contributed by atoms with E-state index in [1.165, 1.54) is 11.3 Å². The molecule has 0 spiro atoms. The van der Waals surface area contributed by atoms with E-state index in [9.17, 15) is 0 Å². The second-order valence-corrected chi connectivity index (χ2v) is 4.88. The van der Waals surface area contributed by atoms with Gasteiger partial charge in [-0.25, -0.2) is 4.98 Å². The predicted molar refractivity (Wildman–Crippen MR) is 70.9 cm³/mol. The predicted octanol–water partition coefficient (Wildman–Crippen LogP) is 3.34. The molecule has 0 saturated heterocycles. The zero-order chi connectivity index (χ0) is 11.7. The molecule has 1 unspecified atom stereocenters. The molecule has 3 nitrogen and oxygen atoms in total. The number of nitrogens with one attached hydrogen (secondary N) is 1. The zero-order valence-corrected chi connectivity index (χ0v) is 10.8. The number of aromatic nitrogens is 2. The Balaban J connectivity index is 1.87. The number of halogens is 1. The van der Waals surface area contributed by atoms with E-state index in [0.29, 0.717) is 6.04 Å². The maximum absolute atomic E-state index is 4.47. The van der Waals surface area contributed by atoms with Gasteiger partial charge in [0.2, 0.25) is 0 Å². The Morgan fingerprint density at radius 2 is 2.00 bits per heavy atom. The van der Waals surface area contributed by atoms with Crippen LogP contribution in [0.2, 0.25) is 0 Å². The lowest BCUT2D eigenvalue weighted by molar-refractivity contribution is 0.744. The molecule has 0 saturated carbocycles. The Kier molecular flexibility index (Phi) is 2.81. The van der Waals surface area contributed by atoms with Crippen LogP contribution in [0.15, 0.2) is 41.3 Å². The van der Waals surface area contributed by atoms with E-state index in [4.69, 9.17) is 0 Å². The fraction of sp³-hybridized carbons (Fsp3) is 0.231. The van der Waals surface area contributed by atoms with Crippen LogP contribution in [0.1, 0.15) is 23.7 Å². The first-order chi connectivity index (χ1) is 8.34. The van der Waals surface area contributed by atoms with Crippen molar-refractivity contribution in [1.82, 2.24) is 9.97 Å². The van der Waals surface area contributed by atoms with Gasteiger partial charge in [0, 0.05) is 12.4 Å². The molecule has 0 radical (unpaired) electrons. The summed E-state index contributed by atoms with van der Waals surface area (Å²) >= 11 is 3.45. The molecular weight excluding hydrogens is 278 g/mol. The molecule has 2 heterocycles. The number of nitrogens with zero attached hydrogens (tertiary/aromatic N) is 2. The topological polar surface area (TPSA) is 37.8 Å². The van der Waals surface area contributed by atoms with Crippen LogP contribution in [0.4, 0.5) is 5.69 Å². The van der Waals surface area contributed by atoms with Crippen LogP contribution < -0.4 is 5.32 Å². The molecular formula is C13H12BrN3. The molecule has 4 heteroatoms. The van der Waals surface area contributed by atoms with Crippen molar-refractivity contribution in [2.24, 2.45) is 0 Å². The maximum Gasteiger partial charge on any atom is 0.129 e. The Labute approximate surface area is 108 Å². The van der Waals surface area contributed by atoms with Crippen molar-refractivity contribution in [2.45, 2.75) is 18.9 Å². The minimum Gasteiger partial charge on any atom is -0.374 e. The summed E-state index contributed by atoms with van der Waals surface area (Å²) in [5, 5.41) is 3.49. The number of pyridine rings is 2. The molecule has 0 fully saturated rings. The lowest BCUT2D eigenvalue weighted by Gasteiger charge is -2.15. The number of aryl methyl sites for hydroxylation is 1. The van der Waals surface area contributed by atoms with Crippen LogP contribution in [-0.4, -0.2) is 9.97 Å². The van der Waals surface area contributed by atoms with Gasteiger partial charge in [-0.15, -0.1) is 0 Å². The molecule has 0 aliphatic heterocycles. The summed E-state index contributed by atoms with van der Waals surface area (Å²) in [6.07, 6.45) is 5.82. The lowest BCUT2D eigenvalue weighted by Crippen LogP contribution is -2.09. The fourth-order valence-corrected chi connectivity index (χ4v) is 2.60. The van der Waals surface area contributed by atoms with Crippen LogP contribution in [0, 0.1) is 0 Å². The zero-order valence-electron chi connectivity index (χ0n) is 9.23. The Hall–Kier alpha value is -1.42. The van der Waals surface area contributed by atoms with Crippen LogP contribution in [0.5, 0.6) is 0 Å². The average molecular weight is 290 g/mol. The summed E-state index contributed by atoms with van der Waals surface area (Å²) in [6.45, 7) is 0. The van der Waals surface area contributed by atoms with Crippen LogP contribution in [0.3, 0.4) is 0 Å². The SMILES string of the molecule is Brc1ncccc1NC1CCc2cccnc21. The summed E-state index contributed by atoms with van der Waals surface area (Å²) in [6, 6.07) is 8.41. The van der Waals surface area contributed by atoms with Gasteiger partial charge in [0.1, 0.15) is 4.60 Å². The summed E-state index contributed by atoms with van der Waals surface area (Å²) < 4.78 is 0.851. The van der Waals surface area contributed by atoms with E-state index in [-0.39, 0.29) is 0 Å². The normalized spacial score (nSPS) is 17.8. The van der Waals surface area contributed by atoms with Crippen LogP contribution in [-0.2, 0) is 6.42 Å². The molecule has 86 valence electrons. The second-order valence-electron chi connectivity index (χ2n) is 4.13. The maximum atomic E-state index is 4.47. The van der Waals surface area contributed by atoms with E-state index in [2.05, 4.69) is 37.3 Å². The fourth-order valence-electron chi connectivity index (χ4n) is 2.23. The number of anilines is 1. The third kappa shape index (κ3) is 2.05. The average Bonchev–Trinajstić information content (AvgIpc) is 2.76. The van der Waals surface area contributed by atoms with Crippen LogP contribution >= 0.6 is 15.9 Å². The highest BCUT2D eigenvalue weighted by Crippen LogP contribution is 2.33. The van der Waals surface area contributed by atoms with E-state index in [1.807, 2.05) is 24.4 Å². The minimum absolute atomic E-state index is 0.298. The Morgan fingerprint density at radius 1 is 1.18 bits per heavy atom. The van der Waals surface area contributed by atoms with Crippen molar-refractivity contribution in [3.63, 3.8) is 0 Å². The number of hydrogen-bond acceptors (Lipinski definition) is 3. The monoisotopic (exact) mass is 289 g/mol. The second kappa shape index (κ2) is 4.45. The number of hydrogen-bond donors (Lipinski definition) is 1. The van der Waals surface area contributed by atoms with Crippen molar-refractivity contribution in [3.8, 4) is 0 Å². The molecule has 17 heavy (non-hydrogen) atoms. The summed E-state index contributed by atoms with van der Waals surface area (Å²) in [7, 11) is 0. The third-order valence-corrected chi connectivity index (χ3v) is 3.68. The van der Waals surface area contributed by atoms with Gasteiger partial charge in [0.15, 0.2) is 0 Å². The van der Waals surface area contributed by atoms with E-state index < -0.39 is 0 Å². The van der Waals surface area contributed by atoms with Crippen molar-refractivity contribution < 1.29 is 0 Å². The molecule has 1 aliphatic carbocycles. The van der Waals surface area contributed by atoms with Gasteiger partial charge in [-0.3, -0.25) is 4.98 Å². The molecule has 1 N–H and O–H groups in total. The first-order valence-electron chi connectivity index (χ1n) is 5.65. The van der Waals surface area contributed by atoms with Gasteiger partial charge in [-0.1, -0.05) is 6.07 Å². The van der Waals surface area contributed by atoms with Gasteiger partial charge in [0.05, 0.1) is 17.4 Å². The molecule has 2 aromatic heterocycles. The van der Waals surface area contributed by atoms with Gasteiger partial charge in [-0.05, 0) is 52.5 Å². The van der Waals surface area contributed by atoms with Gasteiger partial charge in [0.25, 0.3) is 0 Å². The number of fused-ring (bicyclic) bond motifs is 1. The third-order valence-electron chi connectivity index (χ3n) is 3.05. The highest BCUT2D eigenvalue weighted by molar-refractivity contribution is 9.10. The molecule has 1 atom stereocenters. The first kappa shape index (κ1) is 10.7. The standard InChI is InChI=1S/C13H12BrN3/c14-13-11(4-2-8-16-13)17-10-6-5-9-3-1-7-15-12(9)10/h1-4,7-8,10,17H,5-6H2. The molecule has 1 aliphatic rings. The Morgan fingerprint density at radius 3 is 2.88 bits per heavy atom. The van der Waals surface area contributed by atoms with Crippen molar-refractivity contribution in [1.29, 1.82) is 0 Å². The lowest BCUT2D eigenvalue weighted by atomic mass is 10.2. The quantitative estimate of drug-likeness (QED) is 0.862. The van der Waals surface area contributed by atoms with E-state index in [1.54, 1.807) is 6.20 Å². The summed E-state index contributed by atoms with van der Waals surface area (Å²) in [5.41, 5.74) is 3.55. The van der Waals surface area contributed by atoms with Crippen molar-refractivity contribution >= 4 is 21.6 Å². The van der Waals surface area contributed by atoms with E-state index in [0.717, 1.165) is 23.1 Å². The number of rotatable bonds is 2. The molecule has 3 rings (SSSR count). The Bertz CT molecular complexity index is 542. The van der Waals surface area contributed by atoms with Gasteiger partial charge >= 0.3 is 0 Å². The molecule has 0 aromatic carbocycles. The van der Waals surface area contributed by atoms with Crippen molar-refractivity contribution in [3.05, 3.63) is 52.5 Å². The molecule has 0 amide bonds. The first-order valence-corrected chi connectivity index (χ1v) is 6.45. The largest absolute Gasteiger partial charge is 0.374 e. The van der Waals surface area contributed by atoms with Crippen molar-refractivity contribution in [2.75, 3.05) is 5.32 Å². The highest BCUT2D eigenvalue weighted by Gasteiger charge is 2.23. The summed E-state index contributed by atoms with van der Waals surface area (Å²) in [4.78, 5) is 8.68.